The van der Waals surface area contributed by atoms with Crippen molar-refractivity contribution in [3.63, 3.8) is 0 Å². The van der Waals surface area contributed by atoms with Crippen molar-refractivity contribution >= 4 is 35.0 Å². The number of amides is 2. The minimum absolute atomic E-state index is 0.00158. The SMILES string of the molecule is NC(=O)C1CCCC(NC(=O)Cc2cccc(Cl)c2Cl)C1. The number of carbonyl (C=O) groups excluding carboxylic acids is 2. The summed E-state index contributed by atoms with van der Waals surface area (Å²) >= 11 is 12.0. The molecule has 0 heterocycles. The van der Waals surface area contributed by atoms with Crippen LogP contribution in [0.3, 0.4) is 0 Å². The minimum atomic E-state index is -0.285. The number of benzene rings is 1. The maximum atomic E-state index is 12.1. The molecule has 0 saturated heterocycles. The monoisotopic (exact) mass is 328 g/mol. The van der Waals surface area contributed by atoms with Gasteiger partial charge in [-0.25, -0.2) is 0 Å². The normalized spacial score (nSPS) is 21.8. The van der Waals surface area contributed by atoms with E-state index in [0.717, 1.165) is 19.3 Å². The van der Waals surface area contributed by atoms with Crippen molar-refractivity contribution in [2.24, 2.45) is 11.7 Å². The Labute approximate surface area is 134 Å². The molecule has 2 atom stereocenters. The van der Waals surface area contributed by atoms with E-state index in [9.17, 15) is 9.59 Å². The van der Waals surface area contributed by atoms with Crippen LogP contribution in [0.5, 0.6) is 0 Å². The number of hydrogen-bond acceptors (Lipinski definition) is 2. The molecule has 1 aliphatic carbocycles. The molecule has 1 aromatic rings. The Morgan fingerprint density at radius 2 is 2.05 bits per heavy atom. The fraction of sp³-hybridized carbons (Fsp3) is 0.467. The molecule has 114 valence electrons. The minimum Gasteiger partial charge on any atom is -0.369 e. The first-order valence-corrected chi connectivity index (χ1v) is 7.74. The van der Waals surface area contributed by atoms with Crippen LogP contribution in [0.25, 0.3) is 0 Å². The van der Waals surface area contributed by atoms with Crippen LogP contribution in [0.4, 0.5) is 0 Å². The number of nitrogens with two attached hydrogens (primary N) is 1. The summed E-state index contributed by atoms with van der Waals surface area (Å²) in [6.07, 6.45) is 3.37. The molecule has 0 aromatic heterocycles. The summed E-state index contributed by atoms with van der Waals surface area (Å²) < 4.78 is 0. The summed E-state index contributed by atoms with van der Waals surface area (Å²) in [5.41, 5.74) is 6.03. The smallest absolute Gasteiger partial charge is 0.224 e. The lowest BCUT2D eigenvalue weighted by Crippen LogP contribution is -2.41. The molecular formula is C15H18Cl2N2O2. The number of halogens is 2. The van der Waals surface area contributed by atoms with Gasteiger partial charge in [-0.15, -0.1) is 0 Å². The summed E-state index contributed by atoms with van der Waals surface area (Å²) in [6.45, 7) is 0. The Kier molecular flexibility index (Phi) is 5.48. The Morgan fingerprint density at radius 3 is 2.76 bits per heavy atom. The van der Waals surface area contributed by atoms with Crippen molar-refractivity contribution < 1.29 is 9.59 Å². The van der Waals surface area contributed by atoms with E-state index < -0.39 is 0 Å². The van der Waals surface area contributed by atoms with Gasteiger partial charge in [-0.05, 0) is 30.9 Å². The molecule has 0 bridgehead atoms. The molecule has 1 aliphatic rings. The van der Waals surface area contributed by atoms with Gasteiger partial charge in [0, 0.05) is 12.0 Å². The van der Waals surface area contributed by atoms with Gasteiger partial charge in [0.2, 0.25) is 11.8 Å². The number of carbonyl (C=O) groups is 2. The van der Waals surface area contributed by atoms with E-state index in [-0.39, 0.29) is 30.2 Å². The summed E-state index contributed by atoms with van der Waals surface area (Å²) in [5, 5.41) is 3.80. The summed E-state index contributed by atoms with van der Waals surface area (Å²) in [7, 11) is 0. The topological polar surface area (TPSA) is 72.2 Å². The van der Waals surface area contributed by atoms with Crippen molar-refractivity contribution in [1.82, 2.24) is 5.32 Å². The highest BCUT2D eigenvalue weighted by Crippen LogP contribution is 2.27. The molecule has 1 aromatic carbocycles. The van der Waals surface area contributed by atoms with Gasteiger partial charge in [-0.3, -0.25) is 9.59 Å². The van der Waals surface area contributed by atoms with Crippen molar-refractivity contribution in [1.29, 1.82) is 0 Å². The van der Waals surface area contributed by atoms with Crippen LogP contribution in [-0.4, -0.2) is 17.9 Å². The van der Waals surface area contributed by atoms with Gasteiger partial charge in [0.15, 0.2) is 0 Å². The first-order chi connectivity index (χ1) is 9.97. The van der Waals surface area contributed by atoms with Crippen molar-refractivity contribution in [2.75, 3.05) is 0 Å². The van der Waals surface area contributed by atoms with Crippen LogP contribution >= 0.6 is 23.2 Å². The standard InChI is InChI=1S/C15H18Cl2N2O2/c16-12-6-2-3-9(14(12)17)8-13(20)19-11-5-1-4-10(7-11)15(18)21/h2-3,6,10-11H,1,4-5,7-8H2,(H2,18,21)(H,19,20). The summed E-state index contributed by atoms with van der Waals surface area (Å²) in [5.74, 6) is -0.542. The highest BCUT2D eigenvalue weighted by atomic mass is 35.5. The number of primary amides is 1. The van der Waals surface area contributed by atoms with E-state index in [2.05, 4.69) is 5.32 Å². The summed E-state index contributed by atoms with van der Waals surface area (Å²) in [6, 6.07) is 5.23. The van der Waals surface area contributed by atoms with Crippen molar-refractivity contribution in [2.45, 2.75) is 38.1 Å². The first kappa shape index (κ1) is 16.1. The molecule has 1 saturated carbocycles. The van der Waals surface area contributed by atoms with E-state index in [4.69, 9.17) is 28.9 Å². The lowest BCUT2D eigenvalue weighted by Gasteiger charge is -2.28. The Bertz CT molecular complexity index is 548. The third-order valence-electron chi connectivity index (χ3n) is 3.82. The molecule has 4 nitrogen and oxygen atoms in total. The molecule has 2 rings (SSSR count). The van der Waals surface area contributed by atoms with Crippen molar-refractivity contribution in [3.05, 3.63) is 33.8 Å². The second-order valence-electron chi connectivity index (χ2n) is 5.42. The second kappa shape index (κ2) is 7.14. The molecule has 0 aliphatic heterocycles. The fourth-order valence-electron chi connectivity index (χ4n) is 2.72. The largest absolute Gasteiger partial charge is 0.369 e. The van der Waals surface area contributed by atoms with Crippen LogP contribution in [0, 0.1) is 5.92 Å². The van der Waals surface area contributed by atoms with E-state index in [1.54, 1.807) is 18.2 Å². The van der Waals surface area contributed by atoms with Gasteiger partial charge in [-0.1, -0.05) is 41.8 Å². The zero-order chi connectivity index (χ0) is 15.4. The number of hydrogen-bond donors (Lipinski definition) is 2. The Hall–Kier alpha value is -1.26. The number of nitrogens with one attached hydrogen (secondary N) is 1. The average Bonchev–Trinajstić information content (AvgIpc) is 2.44. The van der Waals surface area contributed by atoms with E-state index >= 15 is 0 Å². The maximum Gasteiger partial charge on any atom is 0.224 e. The average molecular weight is 329 g/mol. The second-order valence-corrected chi connectivity index (χ2v) is 6.21. The predicted octanol–water partition coefficient (Wildman–Crippen LogP) is 2.70. The van der Waals surface area contributed by atoms with Crippen LogP contribution in [0.2, 0.25) is 10.0 Å². The third-order valence-corrected chi connectivity index (χ3v) is 4.68. The van der Waals surface area contributed by atoms with E-state index in [1.165, 1.54) is 0 Å². The van der Waals surface area contributed by atoms with Crippen LogP contribution < -0.4 is 11.1 Å². The van der Waals surface area contributed by atoms with Gasteiger partial charge >= 0.3 is 0 Å². The highest BCUT2D eigenvalue weighted by Gasteiger charge is 2.26. The molecule has 2 unspecified atom stereocenters. The number of rotatable bonds is 4. The molecular weight excluding hydrogens is 311 g/mol. The van der Waals surface area contributed by atoms with Crippen molar-refractivity contribution in [3.8, 4) is 0 Å². The Morgan fingerprint density at radius 1 is 1.29 bits per heavy atom. The lowest BCUT2D eigenvalue weighted by molar-refractivity contribution is -0.125. The highest BCUT2D eigenvalue weighted by molar-refractivity contribution is 6.42. The predicted molar refractivity (Wildman–Crippen MR) is 83.2 cm³/mol. The van der Waals surface area contributed by atoms with Gasteiger partial charge in [-0.2, -0.15) is 0 Å². The molecule has 0 radical (unpaired) electrons. The third kappa shape index (κ3) is 4.35. The maximum absolute atomic E-state index is 12.1. The van der Waals surface area contributed by atoms with Crippen LogP contribution in [0.1, 0.15) is 31.2 Å². The quantitative estimate of drug-likeness (QED) is 0.891. The molecule has 6 heteroatoms. The lowest BCUT2D eigenvalue weighted by atomic mass is 9.85. The fourth-order valence-corrected chi connectivity index (χ4v) is 3.10. The van der Waals surface area contributed by atoms with E-state index in [1.807, 2.05) is 0 Å². The van der Waals surface area contributed by atoms with Gasteiger partial charge in [0.05, 0.1) is 16.5 Å². The first-order valence-electron chi connectivity index (χ1n) is 6.99. The zero-order valence-electron chi connectivity index (χ0n) is 11.6. The molecule has 3 N–H and O–H groups in total. The molecule has 1 fully saturated rings. The molecule has 0 spiro atoms. The zero-order valence-corrected chi connectivity index (χ0v) is 13.1. The Balaban J connectivity index is 1.92. The van der Waals surface area contributed by atoms with Gasteiger partial charge in [0.25, 0.3) is 0 Å². The van der Waals surface area contributed by atoms with Gasteiger partial charge < -0.3 is 11.1 Å². The summed E-state index contributed by atoms with van der Waals surface area (Å²) in [4.78, 5) is 23.3. The van der Waals surface area contributed by atoms with Gasteiger partial charge in [0.1, 0.15) is 0 Å². The van der Waals surface area contributed by atoms with Crippen LogP contribution in [0.15, 0.2) is 18.2 Å². The molecule has 21 heavy (non-hydrogen) atoms. The van der Waals surface area contributed by atoms with Crippen LogP contribution in [-0.2, 0) is 16.0 Å². The van der Waals surface area contributed by atoms with E-state index in [0.29, 0.717) is 22.0 Å². The molecule has 2 amide bonds.